The van der Waals surface area contributed by atoms with Crippen LogP contribution < -0.4 is 11.1 Å². The van der Waals surface area contributed by atoms with Crippen LogP contribution >= 0.6 is 0 Å². The Balaban J connectivity index is 2.07. The van der Waals surface area contributed by atoms with Crippen LogP contribution in [0.15, 0.2) is 4.99 Å². The molecule has 0 amide bonds. The number of hydrogen-bond acceptors (Lipinski definition) is 2. The van der Waals surface area contributed by atoms with Gasteiger partial charge in [0.25, 0.3) is 0 Å². The van der Waals surface area contributed by atoms with Crippen molar-refractivity contribution in [3.63, 3.8) is 0 Å². The van der Waals surface area contributed by atoms with Crippen molar-refractivity contribution in [2.75, 3.05) is 26.2 Å². The van der Waals surface area contributed by atoms with Crippen molar-refractivity contribution in [2.24, 2.45) is 16.6 Å². The van der Waals surface area contributed by atoms with E-state index >= 15 is 0 Å². The zero-order chi connectivity index (χ0) is 12.7. The van der Waals surface area contributed by atoms with E-state index in [1.165, 1.54) is 25.9 Å². The molecular formula is C13H28N4. The van der Waals surface area contributed by atoms with Crippen LogP contribution in [-0.2, 0) is 0 Å². The van der Waals surface area contributed by atoms with Crippen LogP contribution in [0.1, 0.15) is 40.0 Å². The topological polar surface area (TPSA) is 53.6 Å². The molecule has 1 rings (SSSR count). The second-order valence-electron chi connectivity index (χ2n) is 5.44. The van der Waals surface area contributed by atoms with Gasteiger partial charge in [-0.1, -0.05) is 6.92 Å². The molecule has 0 atom stereocenters. The highest BCUT2D eigenvalue weighted by atomic mass is 15.1. The standard InChI is InChI=1S/C13H28N4/c1-11(2)16-13(14)15-7-4-8-17-9-5-12(3)6-10-17/h11-12H,4-10H2,1-3H3,(H3,14,15,16). The maximum atomic E-state index is 5.74. The fourth-order valence-corrected chi connectivity index (χ4v) is 2.12. The first-order valence-corrected chi connectivity index (χ1v) is 6.86. The van der Waals surface area contributed by atoms with Crippen LogP contribution in [0.4, 0.5) is 0 Å². The lowest BCUT2D eigenvalue weighted by Gasteiger charge is -2.29. The maximum Gasteiger partial charge on any atom is 0.188 e. The molecule has 4 heteroatoms. The van der Waals surface area contributed by atoms with E-state index in [2.05, 4.69) is 36.0 Å². The van der Waals surface area contributed by atoms with Gasteiger partial charge in [0, 0.05) is 12.6 Å². The van der Waals surface area contributed by atoms with Gasteiger partial charge < -0.3 is 16.0 Å². The van der Waals surface area contributed by atoms with Crippen LogP contribution in [0.5, 0.6) is 0 Å². The monoisotopic (exact) mass is 240 g/mol. The normalized spacial score (nSPS) is 19.9. The third kappa shape index (κ3) is 6.51. The molecule has 0 unspecified atom stereocenters. The van der Waals surface area contributed by atoms with E-state index in [0.29, 0.717) is 12.0 Å². The summed E-state index contributed by atoms with van der Waals surface area (Å²) in [6, 6.07) is 0.363. The van der Waals surface area contributed by atoms with Crippen molar-refractivity contribution >= 4 is 5.96 Å². The van der Waals surface area contributed by atoms with Gasteiger partial charge in [-0.05, 0) is 58.7 Å². The number of likely N-dealkylation sites (tertiary alicyclic amines) is 1. The van der Waals surface area contributed by atoms with Gasteiger partial charge in [-0.2, -0.15) is 0 Å². The van der Waals surface area contributed by atoms with Crippen LogP contribution in [0.25, 0.3) is 0 Å². The van der Waals surface area contributed by atoms with E-state index in [0.717, 1.165) is 25.4 Å². The molecule has 0 aromatic heterocycles. The summed E-state index contributed by atoms with van der Waals surface area (Å²) >= 11 is 0. The SMILES string of the molecule is CC1CCN(CCCN=C(N)NC(C)C)CC1. The largest absolute Gasteiger partial charge is 0.370 e. The molecule has 1 heterocycles. The Morgan fingerprint density at radius 1 is 1.41 bits per heavy atom. The molecule has 17 heavy (non-hydrogen) atoms. The van der Waals surface area contributed by atoms with Crippen molar-refractivity contribution < 1.29 is 0 Å². The summed E-state index contributed by atoms with van der Waals surface area (Å²) in [5.41, 5.74) is 5.74. The average molecular weight is 240 g/mol. The van der Waals surface area contributed by atoms with E-state index in [9.17, 15) is 0 Å². The molecular weight excluding hydrogens is 212 g/mol. The Morgan fingerprint density at radius 2 is 2.06 bits per heavy atom. The molecule has 1 aliphatic rings. The van der Waals surface area contributed by atoms with Crippen LogP contribution in [0.3, 0.4) is 0 Å². The fraction of sp³-hybridized carbons (Fsp3) is 0.923. The predicted octanol–water partition coefficient (Wildman–Crippen LogP) is 1.42. The molecule has 0 aliphatic carbocycles. The number of rotatable bonds is 5. The van der Waals surface area contributed by atoms with Gasteiger partial charge >= 0.3 is 0 Å². The average Bonchev–Trinajstić information content (AvgIpc) is 2.26. The Hall–Kier alpha value is -0.770. The summed E-state index contributed by atoms with van der Waals surface area (Å²) in [4.78, 5) is 6.86. The minimum absolute atomic E-state index is 0.363. The molecule has 1 saturated heterocycles. The lowest BCUT2D eigenvalue weighted by Crippen LogP contribution is -2.37. The Morgan fingerprint density at radius 3 is 2.65 bits per heavy atom. The van der Waals surface area contributed by atoms with Crippen molar-refractivity contribution in [1.29, 1.82) is 0 Å². The molecule has 1 aliphatic heterocycles. The first kappa shape index (κ1) is 14.3. The number of piperidine rings is 1. The molecule has 0 aromatic carbocycles. The molecule has 0 saturated carbocycles. The van der Waals surface area contributed by atoms with Gasteiger partial charge in [0.15, 0.2) is 5.96 Å². The number of hydrogen-bond donors (Lipinski definition) is 2. The lowest BCUT2D eigenvalue weighted by atomic mass is 9.99. The molecule has 100 valence electrons. The summed E-state index contributed by atoms with van der Waals surface area (Å²) in [6.07, 6.45) is 3.80. The van der Waals surface area contributed by atoms with Crippen molar-refractivity contribution in [2.45, 2.75) is 46.1 Å². The number of aliphatic imine (C=N–C) groups is 1. The third-order valence-corrected chi connectivity index (χ3v) is 3.23. The number of guanidine groups is 1. The number of nitrogens with two attached hydrogens (primary N) is 1. The molecule has 0 radical (unpaired) electrons. The van der Waals surface area contributed by atoms with E-state index in [-0.39, 0.29) is 0 Å². The van der Waals surface area contributed by atoms with Gasteiger partial charge in [-0.3, -0.25) is 4.99 Å². The second-order valence-corrected chi connectivity index (χ2v) is 5.44. The van der Waals surface area contributed by atoms with Crippen LogP contribution in [-0.4, -0.2) is 43.1 Å². The summed E-state index contributed by atoms with van der Waals surface area (Å²) in [5.74, 6) is 1.49. The highest BCUT2D eigenvalue weighted by Gasteiger charge is 2.14. The summed E-state index contributed by atoms with van der Waals surface area (Å²) in [5, 5.41) is 3.10. The third-order valence-electron chi connectivity index (χ3n) is 3.23. The zero-order valence-corrected chi connectivity index (χ0v) is 11.6. The fourth-order valence-electron chi connectivity index (χ4n) is 2.12. The highest BCUT2D eigenvalue weighted by molar-refractivity contribution is 5.77. The molecule has 4 nitrogen and oxygen atoms in total. The quantitative estimate of drug-likeness (QED) is 0.434. The molecule has 0 spiro atoms. The summed E-state index contributed by atoms with van der Waals surface area (Å²) in [6.45, 7) is 11.0. The van der Waals surface area contributed by atoms with Crippen molar-refractivity contribution in [3.8, 4) is 0 Å². The molecule has 0 aromatic rings. The lowest BCUT2D eigenvalue weighted by molar-refractivity contribution is 0.192. The Kier molecular flexibility index (Phi) is 6.34. The second kappa shape index (κ2) is 7.54. The molecule has 1 fully saturated rings. The zero-order valence-electron chi connectivity index (χ0n) is 11.6. The summed E-state index contributed by atoms with van der Waals surface area (Å²) < 4.78 is 0. The van der Waals surface area contributed by atoms with E-state index in [1.807, 2.05) is 0 Å². The van der Waals surface area contributed by atoms with Gasteiger partial charge in [-0.15, -0.1) is 0 Å². The Bertz CT molecular complexity index is 230. The van der Waals surface area contributed by atoms with E-state index in [1.54, 1.807) is 0 Å². The van der Waals surface area contributed by atoms with Crippen molar-refractivity contribution in [1.82, 2.24) is 10.2 Å². The van der Waals surface area contributed by atoms with Gasteiger partial charge in [0.2, 0.25) is 0 Å². The van der Waals surface area contributed by atoms with Gasteiger partial charge in [-0.25, -0.2) is 0 Å². The Labute approximate surface area is 106 Å². The van der Waals surface area contributed by atoms with Crippen LogP contribution in [0, 0.1) is 5.92 Å². The molecule has 0 bridgehead atoms. The van der Waals surface area contributed by atoms with E-state index < -0.39 is 0 Å². The van der Waals surface area contributed by atoms with Gasteiger partial charge in [0.1, 0.15) is 0 Å². The number of nitrogens with one attached hydrogen (secondary N) is 1. The smallest absolute Gasteiger partial charge is 0.188 e. The predicted molar refractivity (Wildman–Crippen MR) is 74.2 cm³/mol. The molecule has 3 N–H and O–H groups in total. The summed E-state index contributed by atoms with van der Waals surface area (Å²) in [7, 11) is 0. The number of nitrogens with zero attached hydrogens (tertiary/aromatic N) is 2. The first-order valence-electron chi connectivity index (χ1n) is 6.86. The highest BCUT2D eigenvalue weighted by Crippen LogP contribution is 2.15. The minimum Gasteiger partial charge on any atom is -0.370 e. The minimum atomic E-state index is 0.363. The first-order chi connectivity index (χ1) is 8.08. The maximum absolute atomic E-state index is 5.74. The van der Waals surface area contributed by atoms with Crippen LogP contribution in [0.2, 0.25) is 0 Å². The van der Waals surface area contributed by atoms with E-state index in [4.69, 9.17) is 5.73 Å². The van der Waals surface area contributed by atoms with Gasteiger partial charge in [0.05, 0.1) is 0 Å². The van der Waals surface area contributed by atoms with Crippen molar-refractivity contribution in [3.05, 3.63) is 0 Å².